The minimum atomic E-state index is -0.244. The van der Waals surface area contributed by atoms with E-state index in [2.05, 4.69) is 30.9 Å². The van der Waals surface area contributed by atoms with Crippen molar-refractivity contribution >= 4 is 22.9 Å². The smallest absolute Gasteiger partial charge is 0.275 e. The lowest BCUT2D eigenvalue weighted by Gasteiger charge is -2.04. The summed E-state index contributed by atoms with van der Waals surface area (Å²) in [7, 11) is 0. The number of amides is 1. The molecule has 0 spiro atoms. The number of benzene rings is 1. The maximum absolute atomic E-state index is 11.9. The van der Waals surface area contributed by atoms with Gasteiger partial charge in [-0.3, -0.25) is 4.79 Å². The largest absolute Gasteiger partial charge is 0.321 e. The molecule has 2 N–H and O–H groups in total. The normalized spacial score (nSPS) is 10.3. The number of hydrogen-bond acceptors (Lipinski definition) is 6. The summed E-state index contributed by atoms with van der Waals surface area (Å²) in [4.78, 5) is 15.8. The standard InChI is InChI=1S/C11H8N6OS/c18-11(9-5-19-6-12-9)13-8-3-1-2-7(4-8)10-14-16-17-15-10/h1-6H,(H,13,18)(H,14,15,16,17). The number of hydrogen-bond donors (Lipinski definition) is 2. The van der Waals surface area contributed by atoms with Gasteiger partial charge in [0, 0.05) is 16.6 Å². The fraction of sp³-hybridized carbons (Fsp3) is 0. The highest BCUT2D eigenvalue weighted by Gasteiger charge is 2.09. The van der Waals surface area contributed by atoms with Gasteiger partial charge in [-0.15, -0.1) is 21.5 Å². The van der Waals surface area contributed by atoms with Crippen LogP contribution in [-0.4, -0.2) is 31.5 Å². The molecule has 0 fully saturated rings. The zero-order valence-electron chi connectivity index (χ0n) is 9.57. The highest BCUT2D eigenvalue weighted by Crippen LogP contribution is 2.18. The van der Waals surface area contributed by atoms with Gasteiger partial charge in [0.25, 0.3) is 5.91 Å². The van der Waals surface area contributed by atoms with Crippen molar-refractivity contribution in [2.75, 3.05) is 5.32 Å². The Kier molecular flexibility index (Phi) is 2.99. The van der Waals surface area contributed by atoms with Gasteiger partial charge in [-0.2, -0.15) is 5.21 Å². The molecule has 0 aliphatic rings. The number of aromatic amines is 1. The predicted octanol–water partition coefficient (Wildman–Crippen LogP) is 1.58. The van der Waals surface area contributed by atoms with Gasteiger partial charge in [-0.25, -0.2) is 4.98 Å². The number of rotatable bonds is 3. The number of thiazole rings is 1. The number of carbonyl (C=O) groups excluding carboxylic acids is 1. The van der Waals surface area contributed by atoms with Crippen LogP contribution in [0.4, 0.5) is 5.69 Å². The van der Waals surface area contributed by atoms with E-state index in [9.17, 15) is 4.79 Å². The van der Waals surface area contributed by atoms with Crippen molar-refractivity contribution in [3.05, 3.63) is 40.8 Å². The van der Waals surface area contributed by atoms with Gasteiger partial charge in [0.1, 0.15) is 5.69 Å². The highest BCUT2D eigenvalue weighted by atomic mass is 32.1. The zero-order chi connectivity index (χ0) is 13.1. The number of nitrogens with one attached hydrogen (secondary N) is 2. The lowest BCUT2D eigenvalue weighted by molar-refractivity contribution is 0.102. The van der Waals surface area contributed by atoms with Crippen LogP contribution >= 0.6 is 11.3 Å². The van der Waals surface area contributed by atoms with E-state index in [1.807, 2.05) is 12.1 Å². The third-order valence-corrected chi connectivity index (χ3v) is 2.98. The fourth-order valence-corrected chi connectivity index (χ4v) is 2.07. The molecule has 0 aliphatic heterocycles. The molecule has 19 heavy (non-hydrogen) atoms. The molecule has 7 nitrogen and oxygen atoms in total. The summed E-state index contributed by atoms with van der Waals surface area (Å²) >= 11 is 1.38. The van der Waals surface area contributed by atoms with Crippen molar-refractivity contribution in [2.45, 2.75) is 0 Å². The third-order valence-electron chi connectivity index (χ3n) is 2.39. The first-order valence-corrected chi connectivity index (χ1v) is 6.30. The summed E-state index contributed by atoms with van der Waals surface area (Å²) in [5, 5.41) is 18.1. The summed E-state index contributed by atoms with van der Waals surface area (Å²) in [5.74, 6) is 0.233. The van der Waals surface area contributed by atoms with E-state index in [0.29, 0.717) is 17.2 Å². The quantitative estimate of drug-likeness (QED) is 0.754. The average Bonchev–Trinajstić information content (AvgIpc) is 3.13. The second-order valence-corrected chi connectivity index (χ2v) is 4.36. The van der Waals surface area contributed by atoms with Crippen molar-refractivity contribution < 1.29 is 4.79 Å². The molecule has 1 amide bonds. The summed E-state index contributed by atoms with van der Waals surface area (Å²) < 4.78 is 0. The fourth-order valence-electron chi connectivity index (χ4n) is 1.54. The first kappa shape index (κ1) is 11.5. The number of aromatic nitrogens is 5. The Hall–Kier alpha value is -2.61. The van der Waals surface area contributed by atoms with Gasteiger partial charge in [-0.05, 0) is 17.3 Å². The number of nitrogens with zero attached hydrogens (tertiary/aromatic N) is 4. The van der Waals surface area contributed by atoms with Crippen molar-refractivity contribution in [1.29, 1.82) is 0 Å². The first-order valence-electron chi connectivity index (χ1n) is 5.36. The Morgan fingerprint density at radius 3 is 3.05 bits per heavy atom. The number of H-pyrrole nitrogens is 1. The molecule has 0 atom stereocenters. The van der Waals surface area contributed by atoms with E-state index in [4.69, 9.17) is 0 Å². The maximum Gasteiger partial charge on any atom is 0.275 e. The molecule has 0 saturated heterocycles. The molecule has 3 aromatic rings. The summed E-state index contributed by atoms with van der Waals surface area (Å²) in [6.45, 7) is 0. The van der Waals surface area contributed by atoms with Crippen molar-refractivity contribution in [2.24, 2.45) is 0 Å². The summed E-state index contributed by atoms with van der Waals surface area (Å²) in [6.07, 6.45) is 0. The van der Waals surface area contributed by atoms with Crippen LogP contribution in [0.1, 0.15) is 10.5 Å². The Balaban J connectivity index is 1.82. The molecule has 8 heteroatoms. The number of carbonyl (C=O) groups is 1. The lowest BCUT2D eigenvalue weighted by Crippen LogP contribution is -2.12. The average molecular weight is 272 g/mol. The van der Waals surface area contributed by atoms with Crippen LogP contribution in [0.2, 0.25) is 0 Å². The van der Waals surface area contributed by atoms with Gasteiger partial charge < -0.3 is 5.32 Å². The van der Waals surface area contributed by atoms with Crippen molar-refractivity contribution in [3.8, 4) is 11.4 Å². The molecule has 2 heterocycles. The molecule has 94 valence electrons. The van der Waals surface area contributed by atoms with E-state index in [-0.39, 0.29) is 5.91 Å². The highest BCUT2D eigenvalue weighted by molar-refractivity contribution is 7.07. The Morgan fingerprint density at radius 2 is 2.32 bits per heavy atom. The minimum Gasteiger partial charge on any atom is -0.321 e. The van der Waals surface area contributed by atoms with E-state index >= 15 is 0 Å². The van der Waals surface area contributed by atoms with Crippen LogP contribution in [0, 0.1) is 0 Å². The molecule has 2 aromatic heterocycles. The minimum absolute atomic E-state index is 0.244. The van der Waals surface area contributed by atoms with Crippen molar-refractivity contribution in [3.63, 3.8) is 0 Å². The molecule has 3 rings (SSSR count). The topological polar surface area (TPSA) is 96.5 Å². The second-order valence-electron chi connectivity index (χ2n) is 3.64. The first-order chi connectivity index (χ1) is 9.33. The zero-order valence-corrected chi connectivity index (χ0v) is 10.4. The lowest BCUT2D eigenvalue weighted by atomic mass is 10.2. The predicted molar refractivity (Wildman–Crippen MR) is 69.7 cm³/mol. The SMILES string of the molecule is O=C(Nc1cccc(-c2nn[nH]n2)c1)c1cscn1. The summed E-state index contributed by atoms with van der Waals surface area (Å²) in [6, 6.07) is 7.20. The number of anilines is 1. The van der Waals surface area contributed by atoms with Crippen LogP contribution in [0.15, 0.2) is 35.2 Å². The molecule has 0 aliphatic carbocycles. The van der Waals surface area contributed by atoms with E-state index in [0.717, 1.165) is 5.56 Å². The van der Waals surface area contributed by atoms with Crippen LogP contribution in [0.3, 0.4) is 0 Å². The van der Waals surface area contributed by atoms with Gasteiger partial charge >= 0.3 is 0 Å². The van der Waals surface area contributed by atoms with Gasteiger partial charge in [0.2, 0.25) is 5.82 Å². The molecule has 0 radical (unpaired) electrons. The molecular weight excluding hydrogens is 264 g/mol. The van der Waals surface area contributed by atoms with E-state index < -0.39 is 0 Å². The number of tetrazole rings is 1. The van der Waals surface area contributed by atoms with Gasteiger partial charge in [-0.1, -0.05) is 12.1 Å². The van der Waals surface area contributed by atoms with Crippen LogP contribution < -0.4 is 5.32 Å². The maximum atomic E-state index is 11.9. The Morgan fingerprint density at radius 1 is 1.37 bits per heavy atom. The summed E-state index contributed by atoms with van der Waals surface area (Å²) in [5.41, 5.74) is 3.44. The van der Waals surface area contributed by atoms with Gasteiger partial charge in [0.15, 0.2) is 0 Å². The van der Waals surface area contributed by atoms with Crippen LogP contribution in [-0.2, 0) is 0 Å². The molecular formula is C11H8N6OS. The van der Waals surface area contributed by atoms with Crippen LogP contribution in [0.5, 0.6) is 0 Å². The third kappa shape index (κ3) is 2.47. The Bertz CT molecular complexity index is 679. The van der Waals surface area contributed by atoms with E-state index in [1.54, 1.807) is 23.0 Å². The van der Waals surface area contributed by atoms with Crippen LogP contribution in [0.25, 0.3) is 11.4 Å². The van der Waals surface area contributed by atoms with E-state index in [1.165, 1.54) is 11.3 Å². The molecule has 1 aromatic carbocycles. The van der Waals surface area contributed by atoms with Crippen molar-refractivity contribution in [1.82, 2.24) is 25.6 Å². The second kappa shape index (κ2) is 4.94. The van der Waals surface area contributed by atoms with Gasteiger partial charge in [0.05, 0.1) is 5.51 Å². The monoisotopic (exact) mass is 272 g/mol. The Labute approximate surface area is 111 Å². The molecule has 0 unspecified atom stereocenters. The molecule has 0 bridgehead atoms. The molecule has 0 saturated carbocycles.